The second-order valence-corrected chi connectivity index (χ2v) is 7.44. The second kappa shape index (κ2) is 8.37. The van der Waals surface area contributed by atoms with Crippen molar-refractivity contribution < 1.29 is 22.4 Å². The van der Waals surface area contributed by atoms with Gasteiger partial charge in [0.1, 0.15) is 5.82 Å². The van der Waals surface area contributed by atoms with Crippen LogP contribution >= 0.6 is 0 Å². The zero-order valence-electron chi connectivity index (χ0n) is 16.8. The molecule has 0 fully saturated rings. The van der Waals surface area contributed by atoms with Crippen LogP contribution in [0.2, 0.25) is 0 Å². The molecule has 3 N–H and O–H groups in total. The van der Waals surface area contributed by atoms with E-state index in [1.54, 1.807) is 24.3 Å². The molecule has 164 valence electrons. The number of amides is 1. The van der Waals surface area contributed by atoms with Gasteiger partial charge in [0, 0.05) is 41.4 Å². The Labute approximate surface area is 181 Å². The van der Waals surface area contributed by atoms with Gasteiger partial charge in [-0.1, -0.05) is 18.2 Å². The van der Waals surface area contributed by atoms with Crippen molar-refractivity contribution in [2.24, 2.45) is 0 Å². The molecule has 0 aliphatic rings. The number of alkyl halides is 3. The summed E-state index contributed by atoms with van der Waals surface area (Å²) in [5.74, 6) is -0.803. The molecule has 0 bridgehead atoms. The Morgan fingerprint density at radius 3 is 2.56 bits per heavy atom. The van der Waals surface area contributed by atoms with E-state index in [0.29, 0.717) is 12.1 Å². The summed E-state index contributed by atoms with van der Waals surface area (Å²) >= 11 is 0. The third-order valence-electron chi connectivity index (χ3n) is 5.15. The number of nitrogens with zero attached hydrogens (tertiary/aromatic N) is 1. The van der Waals surface area contributed by atoms with E-state index < -0.39 is 17.6 Å². The third kappa shape index (κ3) is 4.59. The predicted molar refractivity (Wildman–Crippen MR) is 114 cm³/mol. The van der Waals surface area contributed by atoms with E-state index in [1.807, 2.05) is 22.9 Å². The maximum Gasteiger partial charge on any atom is 0.416 e. The monoisotopic (exact) mass is 441 g/mol. The number of aromatic nitrogens is 1. The maximum atomic E-state index is 13.4. The summed E-state index contributed by atoms with van der Waals surface area (Å²) < 4.78 is 55.1. The van der Waals surface area contributed by atoms with E-state index in [4.69, 9.17) is 5.73 Å². The average molecular weight is 441 g/mol. The number of rotatable bonds is 5. The van der Waals surface area contributed by atoms with Crippen LogP contribution in [0.4, 0.5) is 23.2 Å². The average Bonchev–Trinajstić information content (AvgIpc) is 3.14. The largest absolute Gasteiger partial charge is 0.416 e. The smallest absolute Gasteiger partial charge is 0.399 e. The Kier molecular flexibility index (Phi) is 5.61. The fourth-order valence-corrected chi connectivity index (χ4v) is 3.60. The van der Waals surface area contributed by atoms with Crippen molar-refractivity contribution in [1.82, 2.24) is 9.88 Å². The summed E-state index contributed by atoms with van der Waals surface area (Å²) in [7, 11) is 0. The molecule has 1 heterocycles. The van der Waals surface area contributed by atoms with Crippen molar-refractivity contribution in [1.29, 1.82) is 0 Å². The lowest BCUT2D eigenvalue weighted by Gasteiger charge is -2.14. The minimum Gasteiger partial charge on any atom is -0.399 e. The first-order valence-electron chi connectivity index (χ1n) is 9.78. The highest BCUT2D eigenvalue weighted by Crippen LogP contribution is 2.33. The molecule has 0 aliphatic heterocycles. The fourth-order valence-electron chi connectivity index (χ4n) is 3.60. The topological polar surface area (TPSA) is 60.0 Å². The molecule has 4 aromatic rings. The van der Waals surface area contributed by atoms with E-state index in [-0.39, 0.29) is 23.6 Å². The third-order valence-corrected chi connectivity index (χ3v) is 5.15. The highest BCUT2D eigenvalue weighted by molar-refractivity contribution is 5.98. The van der Waals surface area contributed by atoms with Crippen LogP contribution in [0.15, 0.2) is 72.9 Å². The summed E-state index contributed by atoms with van der Waals surface area (Å²) in [6, 6.07) is 16.6. The Morgan fingerprint density at radius 2 is 1.81 bits per heavy atom. The SMILES string of the molecule is Nc1ccc(CNC(=O)c2ccc3c(ccn3Cc3cccc(F)c3)c2)c(C(F)(F)F)c1. The van der Waals surface area contributed by atoms with Crippen molar-refractivity contribution in [2.75, 3.05) is 5.73 Å². The molecular formula is C24H19F4N3O. The van der Waals surface area contributed by atoms with Crippen LogP contribution in [0, 0.1) is 5.82 Å². The lowest BCUT2D eigenvalue weighted by Crippen LogP contribution is -2.24. The summed E-state index contributed by atoms with van der Waals surface area (Å²) in [6.07, 6.45) is -2.74. The van der Waals surface area contributed by atoms with Gasteiger partial charge in [-0.2, -0.15) is 13.2 Å². The van der Waals surface area contributed by atoms with Crippen molar-refractivity contribution in [3.63, 3.8) is 0 Å². The maximum absolute atomic E-state index is 13.4. The van der Waals surface area contributed by atoms with Gasteiger partial charge in [0.25, 0.3) is 5.91 Å². The van der Waals surface area contributed by atoms with Gasteiger partial charge in [-0.3, -0.25) is 4.79 Å². The number of carbonyl (C=O) groups excluding carboxylic acids is 1. The van der Waals surface area contributed by atoms with Gasteiger partial charge in [-0.25, -0.2) is 4.39 Å². The minimum atomic E-state index is -4.57. The van der Waals surface area contributed by atoms with Gasteiger partial charge in [0.05, 0.1) is 5.56 Å². The number of carbonyl (C=O) groups is 1. The number of hydrogen-bond donors (Lipinski definition) is 2. The van der Waals surface area contributed by atoms with Crippen LogP contribution in [-0.2, 0) is 19.3 Å². The second-order valence-electron chi connectivity index (χ2n) is 7.44. The number of nitrogens with two attached hydrogens (primary N) is 1. The summed E-state index contributed by atoms with van der Waals surface area (Å²) in [5.41, 5.74) is 6.51. The van der Waals surface area contributed by atoms with Gasteiger partial charge in [-0.15, -0.1) is 0 Å². The zero-order valence-corrected chi connectivity index (χ0v) is 16.8. The Morgan fingerprint density at radius 1 is 1.00 bits per heavy atom. The normalized spacial score (nSPS) is 11.6. The molecule has 4 rings (SSSR count). The van der Waals surface area contributed by atoms with Gasteiger partial charge >= 0.3 is 6.18 Å². The molecule has 0 aliphatic carbocycles. The number of halogens is 4. The highest BCUT2D eigenvalue weighted by Gasteiger charge is 2.33. The molecule has 0 atom stereocenters. The standard InChI is InChI=1S/C24H19F4N3O/c25-19-3-1-2-15(10-19)14-31-9-8-16-11-17(5-7-22(16)31)23(32)30-13-18-4-6-20(29)12-21(18)24(26,27)28/h1-12H,13-14,29H2,(H,30,32). The van der Waals surface area contributed by atoms with E-state index >= 15 is 0 Å². The lowest BCUT2D eigenvalue weighted by molar-refractivity contribution is -0.138. The van der Waals surface area contributed by atoms with Crippen LogP contribution in [0.25, 0.3) is 10.9 Å². The Balaban J connectivity index is 1.50. The van der Waals surface area contributed by atoms with E-state index in [9.17, 15) is 22.4 Å². The fraction of sp³-hybridized carbons (Fsp3) is 0.125. The van der Waals surface area contributed by atoms with Crippen molar-refractivity contribution in [2.45, 2.75) is 19.3 Å². The number of benzene rings is 3. The zero-order chi connectivity index (χ0) is 22.9. The van der Waals surface area contributed by atoms with Crippen molar-refractivity contribution >= 4 is 22.5 Å². The first-order chi connectivity index (χ1) is 15.2. The van der Waals surface area contributed by atoms with E-state index in [1.165, 1.54) is 24.3 Å². The van der Waals surface area contributed by atoms with Crippen molar-refractivity contribution in [3.8, 4) is 0 Å². The molecule has 0 radical (unpaired) electrons. The number of nitrogen functional groups attached to an aromatic ring is 1. The van der Waals surface area contributed by atoms with Gasteiger partial charge in [0.2, 0.25) is 0 Å². The van der Waals surface area contributed by atoms with E-state index in [0.717, 1.165) is 22.5 Å². The first-order valence-corrected chi connectivity index (χ1v) is 9.78. The van der Waals surface area contributed by atoms with Gasteiger partial charge < -0.3 is 15.6 Å². The molecule has 0 saturated carbocycles. The molecule has 1 amide bonds. The molecule has 0 spiro atoms. The van der Waals surface area contributed by atoms with Crippen LogP contribution in [0.1, 0.15) is 27.0 Å². The van der Waals surface area contributed by atoms with Crippen LogP contribution in [0.3, 0.4) is 0 Å². The number of anilines is 1. The summed E-state index contributed by atoms with van der Waals surface area (Å²) in [5, 5.41) is 3.33. The Hall–Kier alpha value is -3.81. The predicted octanol–water partition coefficient (Wildman–Crippen LogP) is 5.36. The quantitative estimate of drug-likeness (QED) is 0.324. The molecule has 8 heteroatoms. The molecule has 1 aromatic heterocycles. The lowest BCUT2D eigenvalue weighted by atomic mass is 10.1. The van der Waals surface area contributed by atoms with E-state index in [2.05, 4.69) is 5.32 Å². The highest BCUT2D eigenvalue weighted by atomic mass is 19.4. The van der Waals surface area contributed by atoms with Crippen LogP contribution in [-0.4, -0.2) is 10.5 Å². The molecule has 3 aromatic carbocycles. The first kappa shape index (κ1) is 21.4. The van der Waals surface area contributed by atoms with Crippen LogP contribution < -0.4 is 11.1 Å². The molecule has 0 saturated heterocycles. The molecule has 32 heavy (non-hydrogen) atoms. The number of hydrogen-bond acceptors (Lipinski definition) is 2. The summed E-state index contributed by atoms with van der Waals surface area (Å²) in [4.78, 5) is 12.6. The van der Waals surface area contributed by atoms with Gasteiger partial charge in [0.15, 0.2) is 0 Å². The summed E-state index contributed by atoms with van der Waals surface area (Å²) in [6.45, 7) is 0.177. The minimum absolute atomic E-state index is 0.000561. The van der Waals surface area contributed by atoms with Crippen LogP contribution in [0.5, 0.6) is 0 Å². The molecular weight excluding hydrogens is 422 g/mol. The number of nitrogens with one attached hydrogen (secondary N) is 1. The molecule has 4 nitrogen and oxygen atoms in total. The Bertz CT molecular complexity index is 1290. The van der Waals surface area contributed by atoms with Crippen molar-refractivity contribution in [3.05, 3.63) is 101 Å². The van der Waals surface area contributed by atoms with Gasteiger partial charge in [-0.05, 0) is 59.7 Å². The number of fused-ring (bicyclic) bond motifs is 1. The molecule has 0 unspecified atom stereocenters.